The summed E-state index contributed by atoms with van der Waals surface area (Å²) in [7, 11) is 4.40. The average molecular weight is 503 g/mol. The first-order valence-corrected chi connectivity index (χ1v) is 11.5. The molecule has 0 aromatic heterocycles. The molecule has 2 aromatic rings. The number of nitro benzene ring substituents is 1. The number of methoxy groups -OCH3 is 3. The minimum absolute atomic E-state index is 0.171. The molecule has 194 valence electrons. The minimum atomic E-state index is -1.42. The Kier molecular flexibility index (Phi) is 7.07. The molecular formula is C25H30N2O9. The van der Waals surface area contributed by atoms with E-state index in [1.165, 1.54) is 32.4 Å². The third-order valence-electron chi connectivity index (χ3n) is 6.81. The zero-order valence-electron chi connectivity index (χ0n) is 20.8. The summed E-state index contributed by atoms with van der Waals surface area (Å²) in [5.74, 6) is 0.447. The molecule has 0 amide bonds. The van der Waals surface area contributed by atoms with Crippen molar-refractivity contribution in [2.75, 3.05) is 32.8 Å². The molecule has 1 N–H and O–H groups in total. The Morgan fingerprint density at radius 3 is 2.58 bits per heavy atom. The first kappa shape index (κ1) is 25.7. The van der Waals surface area contributed by atoms with Gasteiger partial charge in [-0.1, -0.05) is 0 Å². The molecule has 0 radical (unpaired) electrons. The van der Waals surface area contributed by atoms with Crippen molar-refractivity contribution in [2.24, 2.45) is 0 Å². The van der Waals surface area contributed by atoms with Crippen LogP contribution in [0.2, 0.25) is 0 Å². The highest BCUT2D eigenvalue weighted by Gasteiger charge is 2.56. The lowest BCUT2D eigenvalue weighted by Crippen LogP contribution is -2.63. The summed E-state index contributed by atoms with van der Waals surface area (Å²) in [6.07, 6.45) is -2.02. The molecule has 0 saturated carbocycles. The van der Waals surface area contributed by atoms with Crippen molar-refractivity contribution in [1.82, 2.24) is 0 Å². The summed E-state index contributed by atoms with van der Waals surface area (Å²) >= 11 is 0. The van der Waals surface area contributed by atoms with Gasteiger partial charge in [-0.25, -0.2) is 4.79 Å². The van der Waals surface area contributed by atoms with Crippen LogP contribution in [-0.2, 0) is 25.4 Å². The topological polar surface area (TPSA) is 130 Å². The van der Waals surface area contributed by atoms with E-state index in [-0.39, 0.29) is 12.3 Å². The number of aliphatic hydroxyl groups is 1. The molecule has 0 fully saturated rings. The minimum Gasteiger partial charge on any atom is -0.497 e. The number of anilines is 1. The SMILES string of the molecule is CCOC(=O)[C@@H]1Cc2cc(OC)ccc2N1[C@H]1c2cc([N+](=O)[O-])ccc2O[C@](C)(C(OC)OC)[C@@H]1O. The quantitative estimate of drug-likeness (QED) is 0.249. The van der Waals surface area contributed by atoms with Gasteiger partial charge in [0.05, 0.1) is 24.7 Å². The number of hydrogen-bond acceptors (Lipinski definition) is 10. The molecule has 0 spiro atoms. The van der Waals surface area contributed by atoms with E-state index in [1.807, 2.05) is 6.07 Å². The molecule has 11 nitrogen and oxygen atoms in total. The van der Waals surface area contributed by atoms with Crippen molar-refractivity contribution < 1.29 is 38.5 Å². The van der Waals surface area contributed by atoms with Crippen molar-refractivity contribution in [3.63, 3.8) is 0 Å². The van der Waals surface area contributed by atoms with Gasteiger partial charge in [-0.3, -0.25) is 10.1 Å². The molecule has 4 atom stereocenters. The fourth-order valence-electron chi connectivity index (χ4n) is 5.17. The maximum atomic E-state index is 13.2. The van der Waals surface area contributed by atoms with Crippen LogP contribution < -0.4 is 14.4 Å². The van der Waals surface area contributed by atoms with Crippen molar-refractivity contribution in [1.29, 1.82) is 0 Å². The fourth-order valence-corrected chi connectivity index (χ4v) is 5.17. The Hall–Kier alpha value is -3.41. The molecular weight excluding hydrogens is 472 g/mol. The number of ether oxygens (including phenoxy) is 5. The number of esters is 1. The third kappa shape index (κ3) is 4.12. The van der Waals surface area contributed by atoms with Crippen LogP contribution in [0.15, 0.2) is 36.4 Å². The number of fused-ring (bicyclic) bond motifs is 2. The predicted molar refractivity (Wildman–Crippen MR) is 128 cm³/mol. The maximum absolute atomic E-state index is 13.2. The van der Waals surface area contributed by atoms with Gasteiger partial charge in [-0.05, 0) is 43.7 Å². The van der Waals surface area contributed by atoms with Crippen molar-refractivity contribution in [3.05, 3.63) is 57.6 Å². The highest BCUT2D eigenvalue weighted by atomic mass is 16.7. The zero-order chi connectivity index (χ0) is 26.2. The van der Waals surface area contributed by atoms with Crippen LogP contribution in [0.4, 0.5) is 11.4 Å². The first-order chi connectivity index (χ1) is 17.2. The molecule has 2 heterocycles. The molecule has 0 bridgehead atoms. The Bertz CT molecular complexity index is 1150. The van der Waals surface area contributed by atoms with E-state index in [9.17, 15) is 20.0 Å². The summed E-state index contributed by atoms with van der Waals surface area (Å²) < 4.78 is 27.9. The van der Waals surface area contributed by atoms with Gasteiger partial charge >= 0.3 is 5.97 Å². The van der Waals surface area contributed by atoms with Gasteiger partial charge in [0.1, 0.15) is 23.6 Å². The van der Waals surface area contributed by atoms with Crippen LogP contribution in [0.25, 0.3) is 0 Å². The van der Waals surface area contributed by atoms with Crippen molar-refractivity contribution >= 4 is 17.3 Å². The molecule has 0 unspecified atom stereocenters. The van der Waals surface area contributed by atoms with E-state index < -0.39 is 41.0 Å². The highest BCUT2D eigenvalue weighted by Crippen LogP contribution is 2.50. The smallest absolute Gasteiger partial charge is 0.329 e. The summed E-state index contributed by atoms with van der Waals surface area (Å²) in [5, 5.41) is 23.5. The van der Waals surface area contributed by atoms with Crippen LogP contribution >= 0.6 is 0 Å². The number of carbonyl (C=O) groups is 1. The van der Waals surface area contributed by atoms with Crippen molar-refractivity contribution in [2.45, 2.75) is 50.3 Å². The van der Waals surface area contributed by atoms with Crippen molar-refractivity contribution in [3.8, 4) is 11.5 Å². The monoisotopic (exact) mass is 502 g/mol. The second-order valence-electron chi connectivity index (χ2n) is 8.83. The van der Waals surface area contributed by atoms with Crippen LogP contribution in [0, 0.1) is 10.1 Å². The predicted octanol–water partition coefficient (Wildman–Crippen LogP) is 2.77. The molecule has 0 aliphatic carbocycles. The largest absolute Gasteiger partial charge is 0.497 e. The van der Waals surface area contributed by atoms with Crippen LogP contribution in [0.3, 0.4) is 0 Å². The highest BCUT2D eigenvalue weighted by molar-refractivity contribution is 5.85. The average Bonchev–Trinajstić information content (AvgIpc) is 3.23. The summed E-state index contributed by atoms with van der Waals surface area (Å²) in [6, 6.07) is 7.82. The number of hydrogen-bond donors (Lipinski definition) is 1. The molecule has 36 heavy (non-hydrogen) atoms. The van der Waals surface area contributed by atoms with E-state index in [0.717, 1.165) is 5.56 Å². The normalized spacial score (nSPS) is 24.6. The standard InChI is InChI=1S/C25H30N2O9/c1-6-35-23(29)19-12-14-11-16(32-3)8-9-18(14)26(19)21-17-13-15(27(30)31)7-10-20(17)36-25(2,22(21)28)24(33-4)34-5/h7-11,13,19,21-22,24,28H,6,12H2,1-5H3/t19-,21-,22+,25-/m0/s1. The van der Waals surface area contributed by atoms with Crippen LogP contribution in [0.5, 0.6) is 11.5 Å². The maximum Gasteiger partial charge on any atom is 0.329 e. The molecule has 4 rings (SSSR count). The number of nitro groups is 1. The van der Waals surface area contributed by atoms with E-state index in [2.05, 4.69) is 0 Å². The Labute approximate surface area is 208 Å². The van der Waals surface area contributed by atoms with E-state index >= 15 is 0 Å². The lowest BCUT2D eigenvalue weighted by Gasteiger charge is -2.50. The Balaban J connectivity index is 1.94. The third-order valence-corrected chi connectivity index (χ3v) is 6.81. The van der Waals surface area contributed by atoms with E-state index in [4.69, 9.17) is 23.7 Å². The number of carbonyl (C=O) groups excluding carboxylic acids is 1. The summed E-state index contributed by atoms with van der Waals surface area (Å²) in [6.45, 7) is 3.53. The molecule has 11 heteroatoms. The van der Waals surface area contributed by atoms with Crippen LogP contribution in [0.1, 0.15) is 31.0 Å². The number of benzene rings is 2. The molecule has 2 aliphatic rings. The number of nitrogens with zero attached hydrogens (tertiary/aromatic N) is 2. The van der Waals surface area contributed by atoms with Gasteiger partial charge in [0.25, 0.3) is 5.69 Å². The number of non-ortho nitro benzene ring substituents is 1. The summed E-state index contributed by atoms with van der Waals surface area (Å²) in [5.41, 5.74) is 0.250. The van der Waals surface area contributed by atoms with Gasteiger partial charge in [0.2, 0.25) is 0 Å². The Morgan fingerprint density at radius 2 is 1.97 bits per heavy atom. The zero-order valence-corrected chi connectivity index (χ0v) is 20.8. The lowest BCUT2D eigenvalue weighted by atomic mass is 9.83. The van der Waals surface area contributed by atoms with E-state index in [1.54, 1.807) is 38.0 Å². The van der Waals surface area contributed by atoms with Gasteiger partial charge < -0.3 is 33.7 Å². The summed E-state index contributed by atoms with van der Waals surface area (Å²) in [4.78, 5) is 26.0. The molecule has 2 aliphatic heterocycles. The first-order valence-electron chi connectivity index (χ1n) is 11.5. The van der Waals surface area contributed by atoms with Crippen LogP contribution in [-0.4, -0.2) is 68.0 Å². The second-order valence-corrected chi connectivity index (χ2v) is 8.83. The second kappa shape index (κ2) is 9.92. The fraction of sp³-hybridized carbons (Fsp3) is 0.480. The number of aliphatic hydroxyl groups excluding tert-OH is 1. The van der Waals surface area contributed by atoms with Gasteiger partial charge in [-0.15, -0.1) is 0 Å². The van der Waals surface area contributed by atoms with Gasteiger partial charge in [0, 0.05) is 44.0 Å². The lowest BCUT2D eigenvalue weighted by molar-refractivity contribution is -0.385. The molecule has 2 aromatic carbocycles. The van der Waals surface area contributed by atoms with Gasteiger partial charge in [-0.2, -0.15) is 0 Å². The van der Waals surface area contributed by atoms with E-state index in [0.29, 0.717) is 29.2 Å². The Morgan fingerprint density at radius 1 is 1.25 bits per heavy atom. The van der Waals surface area contributed by atoms with Gasteiger partial charge in [0.15, 0.2) is 11.9 Å². The number of rotatable bonds is 8. The molecule has 0 saturated heterocycles.